The smallest absolute Gasteiger partial charge is 0.308 e. The lowest BCUT2D eigenvalue weighted by atomic mass is 10.2. The highest BCUT2D eigenvalue weighted by Gasteiger charge is 2.29. The molecule has 5 nitrogen and oxygen atoms in total. The third kappa shape index (κ3) is 3.00. The van der Waals surface area contributed by atoms with Crippen LogP contribution in [0.25, 0.3) is 0 Å². The molecule has 0 aliphatic carbocycles. The number of rotatable bonds is 4. The van der Waals surface area contributed by atoms with Gasteiger partial charge in [-0.25, -0.2) is 0 Å². The number of carbonyl (C=O) groups is 1. The van der Waals surface area contributed by atoms with Crippen LogP contribution in [0.15, 0.2) is 24.3 Å². The molecule has 0 saturated carbocycles. The molecule has 0 N–H and O–H groups in total. The minimum Gasteiger partial charge on any atom is -0.497 e. The average molecular weight is 252 g/mol. The molecule has 1 aliphatic heterocycles. The number of esters is 1. The predicted molar refractivity (Wildman–Crippen MR) is 63.2 cm³/mol. The van der Waals surface area contributed by atoms with Gasteiger partial charge in [0, 0.05) is 5.56 Å². The first-order valence-corrected chi connectivity index (χ1v) is 5.70. The van der Waals surface area contributed by atoms with Crippen LogP contribution in [0.1, 0.15) is 18.3 Å². The molecule has 2 rings (SSSR count). The van der Waals surface area contributed by atoms with E-state index in [4.69, 9.17) is 14.2 Å². The fourth-order valence-electron chi connectivity index (χ4n) is 1.79. The van der Waals surface area contributed by atoms with E-state index < -0.39 is 6.29 Å². The van der Waals surface area contributed by atoms with Crippen molar-refractivity contribution in [1.82, 2.24) is 0 Å². The van der Waals surface area contributed by atoms with E-state index in [1.165, 1.54) is 7.11 Å². The van der Waals surface area contributed by atoms with E-state index in [0.29, 0.717) is 6.61 Å². The Labute approximate surface area is 106 Å². The van der Waals surface area contributed by atoms with Crippen LogP contribution in [0.2, 0.25) is 0 Å². The van der Waals surface area contributed by atoms with Crippen molar-refractivity contribution < 1.29 is 23.7 Å². The van der Waals surface area contributed by atoms with Gasteiger partial charge in [0.2, 0.25) is 0 Å². The standard InChI is InChI=1S/C13H16O5/c1-15-10-5-3-4-9(6-10)13-17-8-11(18-13)7-12(14)16-2/h3-6,11,13H,7-8H2,1-2H3. The van der Waals surface area contributed by atoms with Gasteiger partial charge in [0.15, 0.2) is 6.29 Å². The maximum absolute atomic E-state index is 11.1. The van der Waals surface area contributed by atoms with Crippen LogP contribution < -0.4 is 4.74 Å². The number of hydrogen-bond donors (Lipinski definition) is 0. The summed E-state index contributed by atoms with van der Waals surface area (Å²) in [5, 5.41) is 0. The predicted octanol–water partition coefficient (Wildman–Crippen LogP) is 1.67. The first-order chi connectivity index (χ1) is 8.72. The van der Waals surface area contributed by atoms with Crippen LogP contribution in [0, 0.1) is 0 Å². The highest BCUT2D eigenvalue weighted by Crippen LogP contribution is 2.30. The summed E-state index contributed by atoms with van der Waals surface area (Å²) in [5.74, 6) is 0.450. The van der Waals surface area contributed by atoms with E-state index in [0.717, 1.165) is 11.3 Å². The summed E-state index contributed by atoms with van der Waals surface area (Å²) in [4.78, 5) is 11.1. The van der Waals surface area contributed by atoms with Gasteiger partial charge in [-0.05, 0) is 12.1 Å². The molecule has 1 aromatic rings. The summed E-state index contributed by atoms with van der Waals surface area (Å²) in [6.45, 7) is 0.386. The molecule has 0 radical (unpaired) electrons. The Kier molecular flexibility index (Phi) is 4.17. The van der Waals surface area contributed by atoms with Crippen LogP contribution in [-0.4, -0.2) is 32.9 Å². The van der Waals surface area contributed by atoms with Gasteiger partial charge in [0.05, 0.1) is 33.4 Å². The van der Waals surface area contributed by atoms with Gasteiger partial charge in [0.1, 0.15) is 5.75 Å². The zero-order valence-corrected chi connectivity index (χ0v) is 10.4. The molecular formula is C13H16O5. The molecule has 0 spiro atoms. The summed E-state index contributed by atoms with van der Waals surface area (Å²) in [6.07, 6.45) is -0.500. The topological polar surface area (TPSA) is 54.0 Å². The van der Waals surface area contributed by atoms with Gasteiger partial charge in [0.25, 0.3) is 0 Å². The minimum absolute atomic E-state index is 0.205. The zero-order chi connectivity index (χ0) is 13.0. The van der Waals surface area contributed by atoms with Crippen molar-refractivity contribution in [1.29, 1.82) is 0 Å². The Morgan fingerprint density at radius 3 is 3.00 bits per heavy atom. The number of carbonyl (C=O) groups excluding carboxylic acids is 1. The van der Waals surface area contributed by atoms with Crippen LogP contribution in [0.3, 0.4) is 0 Å². The summed E-state index contributed by atoms with van der Waals surface area (Å²) in [7, 11) is 2.97. The second-order valence-corrected chi connectivity index (χ2v) is 3.98. The third-order valence-corrected chi connectivity index (χ3v) is 2.74. The summed E-state index contributed by atoms with van der Waals surface area (Å²) >= 11 is 0. The lowest BCUT2D eigenvalue weighted by molar-refractivity contribution is -0.143. The Morgan fingerprint density at radius 2 is 2.28 bits per heavy atom. The van der Waals surface area contributed by atoms with E-state index in [1.807, 2.05) is 24.3 Å². The van der Waals surface area contributed by atoms with E-state index >= 15 is 0 Å². The molecule has 0 bridgehead atoms. The van der Waals surface area contributed by atoms with Gasteiger partial charge in [-0.3, -0.25) is 4.79 Å². The van der Waals surface area contributed by atoms with Gasteiger partial charge in [-0.15, -0.1) is 0 Å². The van der Waals surface area contributed by atoms with E-state index in [2.05, 4.69) is 4.74 Å². The van der Waals surface area contributed by atoms with Gasteiger partial charge < -0.3 is 18.9 Å². The molecule has 1 aromatic carbocycles. The third-order valence-electron chi connectivity index (χ3n) is 2.74. The van der Waals surface area contributed by atoms with Crippen LogP contribution in [-0.2, 0) is 19.0 Å². The SMILES string of the molecule is COC(=O)CC1COC(c2cccc(OC)c2)O1. The maximum atomic E-state index is 11.1. The lowest BCUT2D eigenvalue weighted by Gasteiger charge is -2.12. The largest absolute Gasteiger partial charge is 0.497 e. The molecule has 1 aliphatic rings. The Balaban J connectivity index is 1.97. The molecule has 0 amide bonds. The Bertz CT molecular complexity index is 418. The average Bonchev–Trinajstić information content (AvgIpc) is 2.87. The van der Waals surface area contributed by atoms with Gasteiger partial charge >= 0.3 is 5.97 Å². The van der Waals surface area contributed by atoms with Gasteiger partial charge in [-0.2, -0.15) is 0 Å². The van der Waals surface area contributed by atoms with Crippen LogP contribution in [0.5, 0.6) is 5.75 Å². The van der Waals surface area contributed by atoms with Crippen molar-refractivity contribution in [2.75, 3.05) is 20.8 Å². The molecule has 2 atom stereocenters. The normalized spacial score (nSPS) is 22.8. The fraction of sp³-hybridized carbons (Fsp3) is 0.462. The first kappa shape index (κ1) is 12.9. The lowest BCUT2D eigenvalue weighted by Crippen LogP contribution is -2.16. The first-order valence-electron chi connectivity index (χ1n) is 5.70. The second kappa shape index (κ2) is 5.84. The number of hydrogen-bond acceptors (Lipinski definition) is 5. The zero-order valence-electron chi connectivity index (χ0n) is 10.4. The molecule has 18 heavy (non-hydrogen) atoms. The van der Waals surface area contributed by atoms with E-state index in [9.17, 15) is 4.79 Å². The summed E-state index contributed by atoms with van der Waals surface area (Å²) in [6, 6.07) is 7.47. The van der Waals surface area contributed by atoms with E-state index in [-0.39, 0.29) is 18.5 Å². The Hall–Kier alpha value is -1.59. The number of methoxy groups -OCH3 is 2. The monoisotopic (exact) mass is 252 g/mol. The highest BCUT2D eigenvalue weighted by atomic mass is 16.7. The highest BCUT2D eigenvalue weighted by molar-refractivity contribution is 5.69. The van der Waals surface area contributed by atoms with Crippen molar-refractivity contribution in [2.45, 2.75) is 18.8 Å². The van der Waals surface area contributed by atoms with E-state index in [1.54, 1.807) is 7.11 Å². The molecule has 1 heterocycles. The van der Waals surface area contributed by atoms with Crippen LogP contribution >= 0.6 is 0 Å². The molecule has 2 unspecified atom stereocenters. The molecule has 98 valence electrons. The van der Waals surface area contributed by atoms with Crippen molar-refractivity contribution in [3.8, 4) is 5.75 Å². The summed E-state index contributed by atoms with van der Waals surface area (Å²) < 4.78 is 20.9. The Morgan fingerprint density at radius 1 is 1.44 bits per heavy atom. The van der Waals surface area contributed by atoms with Crippen molar-refractivity contribution in [2.24, 2.45) is 0 Å². The number of ether oxygens (including phenoxy) is 4. The fourth-order valence-corrected chi connectivity index (χ4v) is 1.79. The molecular weight excluding hydrogens is 236 g/mol. The quantitative estimate of drug-likeness (QED) is 0.763. The maximum Gasteiger partial charge on any atom is 0.308 e. The van der Waals surface area contributed by atoms with Crippen LogP contribution in [0.4, 0.5) is 0 Å². The van der Waals surface area contributed by atoms with Crippen molar-refractivity contribution >= 4 is 5.97 Å². The summed E-state index contributed by atoms with van der Waals surface area (Å²) in [5.41, 5.74) is 0.877. The van der Waals surface area contributed by atoms with Crippen molar-refractivity contribution in [3.63, 3.8) is 0 Å². The second-order valence-electron chi connectivity index (χ2n) is 3.98. The minimum atomic E-state index is -0.449. The molecule has 0 aromatic heterocycles. The van der Waals surface area contributed by atoms with Gasteiger partial charge in [-0.1, -0.05) is 12.1 Å². The molecule has 1 fully saturated rings. The van der Waals surface area contributed by atoms with Crippen molar-refractivity contribution in [3.05, 3.63) is 29.8 Å². The number of benzene rings is 1. The molecule has 1 saturated heterocycles. The molecule has 5 heteroatoms.